The van der Waals surface area contributed by atoms with Gasteiger partial charge in [-0.2, -0.15) is 4.98 Å². The maximum absolute atomic E-state index is 12.2. The number of hydrogen-bond acceptors (Lipinski definition) is 7. The molecule has 0 saturated carbocycles. The van der Waals surface area contributed by atoms with Crippen LogP contribution in [0.2, 0.25) is 0 Å². The standard InChI is InChI=1S/C16H12BrN7O2/c1-9-20-16(26-23-9)10-2-3-24-13(5-10)21-22-14(24)8-19-15(25)11-4-12(17)7-18-6-11/h2-7H,8H2,1H3,(H,19,25). The van der Waals surface area contributed by atoms with E-state index in [2.05, 4.69) is 46.6 Å². The molecule has 0 aliphatic rings. The van der Waals surface area contributed by atoms with Gasteiger partial charge >= 0.3 is 0 Å². The SMILES string of the molecule is Cc1noc(-c2ccn3c(CNC(=O)c4cncc(Br)c4)nnc3c2)n1. The van der Waals surface area contributed by atoms with E-state index in [4.69, 9.17) is 4.52 Å². The second kappa shape index (κ2) is 6.64. The third-order valence-electron chi connectivity index (χ3n) is 3.63. The number of aromatic nitrogens is 6. The largest absolute Gasteiger partial charge is 0.345 e. The van der Waals surface area contributed by atoms with E-state index in [1.807, 2.05) is 6.07 Å². The summed E-state index contributed by atoms with van der Waals surface area (Å²) in [6.45, 7) is 1.98. The number of aryl methyl sites for hydroxylation is 1. The first-order chi connectivity index (χ1) is 12.6. The molecular formula is C16H12BrN7O2. The first-order valence-corrected chi connectivity index (χ1v) is 8.42. The van der Waals surface area contributed by atoms with Gasteiger partial charge in [0, 0.05) is 28.6 Å². The third-order valence-corrected chi connectivity index (χ3v) is 4.06. The van der Waals surface area contributed by atoms with Crippen molar-refractivity contribution in [2.24, 2.45) is 0 Å². The van der Waals surface area contributed by atoms with Crippen LogP contribution < -0.4 is 5.32 Å². The Kier molecular flexibility index (Phi) is 4.17. The normalized spacial score (nSPS) is 11.0. The lowest BCUT2D eigenvalue weighted by molar-refractivity contribution is 0.0949. The van der Waals surface area contributed by atoms with Gasteiger partial charge in [-0.1, -0.05) is 5.16 Å². The van der Waals surface area contributed by atoms with Crippen LogP contribution in [-0.4, -0.2) is 35.6 Å². The molecule has 0 bridgehead atoms. The molecule has 1 N–H and O–H groups in total. The lowest BCUT2D eigenvalue weighted by Gasteiger charge is -2.04. The number of fused-ring (bicyclic) bond motifs is 1. The molecule has 4 heterocycles. The van der Waals surface area contributed by atoms with Crippen molar-refractivity contribution in [1.82, 2.24) is 35.0 Å². The highest BCUT2D eigenvalue weighted by molar-refractivity contribution is 9.10. The number of halogens is 1. The smallest absolute Gasteiger partial charge is 0.258 e. The molecule has 4 rings (SSSR count). The van der Waals surface area contributed by atoms with E-state index in [-0.39, 0.29) is 12.5 Å². The molecule has 0 aliphatic heterocycles. The summed E-state index contributed by atoms with van der Waals surface area (Å²) in [7, 11) is 0. The minimum Gasteiger partial charge on any atom is -0.345 e. The van der Waals surface area contributed by atoms with E-state index in [0.29, 0.717) is 28.8 Å². The van der Waals surface area contributed by atoms with Crippen molar-refractivity contribution in [3.8, 4) is 11.5 Å². The fourth-order valence-electron chi connectivity index (χ4n) is 2.41. The van der Waals surface area contributed by atoms with Crippen LogP contribution in [0.1, 0.15) is 22.0 Å². The summed E-state index contributed by atoms with van der Waals surface area (Å²) in [4.78, 5) is 20.4. The van der Waals surface area contributed by atoms with Crippen LogP contribution in [0.4, 0.5) is 0 Å². The summed E-state index contributed by atoms with van der Waals surface area (Å²) in [5.41, 5.74) is 1.83. The molecule has 9 nitrogen and oxygen atoms in total. The van der Waals surface area contributed by atoms with E-state index in [1.54, 1.807) is 35.9 Å². The minimum absolute atomic E-state index is 0.228. The molecule has 0 fully saturated rings. The summed E-state index contributed by atoms with van der Waals surface area (Å²) in [5.74, 6) is 1.34. The minimum atomic E-state index is -0.242. The number of nitrogens with zero attached hydrogens (tertiary/aromatic N) is 6. The number of pyridine rings is 2. The van der Waals surface area contributed by atoms with Crippen molar-refractivity contribution in [1.29, 1.82) is 0 Å². The summed E-state index contributed by atoms with van der Waals surface area (Å²) in [6, 6.07) is 5.32. The van der Waals surface area contributed by atoms with Crippen LogP contribution in [0.3, 0.4) is 0 Å². The van der Waals surface area contributed by atoms with E-state index < -0.39 is 0 Å². The zero-order valence-corrected chi connectivity index (χ0v) is 15.1. The van der Waals surface area contributed by atoms with Crippen molar-refractivity contribution in [3.63, 3.8) is 0 Å². The van der Waals surface area contributed by atoms with Crippen LogP contribution in [0.5, 0.6) is 0 Å². The molecule has 0 aliphatic carbocycles. The Labute approximate surface area is 155 Å². The number of carbonyl (C=O) groups excluding carboxylic acids is 1. The van der Waals surface area contributed by atoms with Gasteiger partial charge in [-0.15, -0.1) is 10.2 Å². The van der Waals surface area contributed by atoms with Gasteiger partial charge in [-0.25, -0.2) is 0 Å². The number of nitrogens with one attached hydrogen (secondary N) is 1. The van der Waals surface area contributed by atoms with Gasteiger partial charge < -0.3 is 9.84 Å². The number of carbonyl (C=O) groups is 1. The molecular weight excluding hydrogens is 402 g/mol. The predicted molar refractivity (Wildman–Crippen MR) is 94.1 cm³/mol. The van der Waals surface area contributed by atoms with Crippen molar-refractivity contribution in [2.45, 2.75) is 13.5 Å². The first-order valence-electron chi connectivity index (χ1n) is 7.63. The second-order valence-electron chi connectivity index (χ2n) is 5.48. The Morgan fingerprint density at radius 2 is 2.19 bits per heavy atom. The number of hydrogen-bond donors (Lipinski definition) is 1. The highest BCUT2D eigenvalue weighted by atomic mass is 79.9. The fraction of sp³-hybridized carbons (Fsp3) is 0.125. The van der Waals surface area contributed by atoms with Crippen molar-refractivity contribution in [3.05, 3.63) is 58.5 Å². The highest BCUT2D eigenvalue weighted by Crippen LogP contribution is 2.19. The Balaban J connectivity index is 1.53. The lowest BCUT2D eigenvalue weighted by Crippen LogP contribution is -2.24. The zero-order chi connectivity index (χ0) is 18.1. The van der Waals surface area contributed by atoms with Crippen molar-refractivity contribution >= 4 is 27.5 Å². The van der Waals surface area contributed by atoms with Crippen LogP contribution in [-0.2, 0) is 6.54 Å². The third kappa shape index (κ3) is 3.18. The monoisotopic (exact) mass is 413 g/mol. The average molecular weight is 414 g/mol. The second-order valence-corrected chi connectivity index (χ2v) is 6.40. The van der Waals surface area contributed by atoms with Gasteiger partial charge in [0.2, 0.25) is 0 Å². The highest BCUT2D eigenvalue weighted by Gasteiger charge is 2.12. The molecule has 4 aromatic heterocycles. The lowest BCUT2D eigenvalue weighted by atomic mass is 10.2. The van der Waals surface area contributed by atoms with Crippen molar-refractivity contribution in [2.75, 3.05) is 0 Å². The van der Waals surface area contributed by atoms with E-state index in [0.717, 1.165) is 10.0 Å². The van der Waals surface area contributed by atoms with Gasteiger partial charge in [-0.3, -0.25) is 14.2 Å². The Hall–Kier alpha value is -3.14. The first kappa shape index (κ1) is 16.3. The molecule has 0 radical (unpaired) electrons. The van der Waals surface area contributed by atoms with Crippen molar-refractivity contribution < 1.29 is 9.32 Å². The summed E-state index contributed by atoms with van der Waals surface area (Å²) in [6.07, 6.45) is 4.91. The van der Waals surface area contributed by atoms with Crippen LogP contribution in [0.25, 0.3) is 17.1 Å². The molecule has 0 saturated heterocycles. The molecule has 0 spiro atoms. The van der Waals surface area contributed by atoms with Gasteiger partial charge in [0.05, 0.1) is 12.1 Å². The maximum atomic E-state index is 12.2. The van der Waals surface area contributed by atoms with Crippen LogP contribution in [0.15, 0.2) is 45.8 Å². The molecule has 1 amide bonds. The molecule has 130 valence electrons. The fourth-order valence-corrected chi connectivity index (χ4v) is 2.77. The number of amides is 1. The average Bonchev–Trinajstić information content (AvgIpc) is 3.25. The van der Waals surface area contributed by atoms with Crippen LogP contribution >= 0.6 is 15.9 Å². The Morgan fingerprint density at radius 1 is 1.31 bits per heavy atom. The van der Waals surface area contributed by atoms with E-state index in [1.165, 1.54) is 6.20 Å². The van der Waals surface area contributed by atoms with Crippen LogP contribution in [0, 0.1) is 6.92 Å². The predicted octanol–water partition coefficient (Wildman–Crippen LogP) is 2.18. The quantitative estimate of drug-likeness (QED) is 0.545. The Bertz CT molecular complexity index is 1100. The maximum Gasteiger partial charge on any atom is 0.258 e. The molecule has 10 heteroatoms. The van der Waals surface area contributed by atoms with E-state index in [9.17, 15) is 4.79 Å². The Morgan fingerprint density at radius 3 is 2.96 bits per heavy atom. The van der Waals surface area contributed by atoms with Gasteiger partial charge in [0.25, 0.3) is 11.8 Å². The van der Waals surface area contributed by atoms with Gasteiger partial charge in [0.15, 0.2) is 17.3 Å². The number of rotatable bonds is 4. The topological polar surface area (TPSA) is 111 Å². The van der Waals surface area contributed by atoms with E-state index >= 15 is 0 Å². The summed E-state index contributed by atoms with van der Waals surface area (Å²) in [5, 5.41) is 14.8. The summed E-state index contributed by atoms with van der Waals surface area (Å²) < 4.78 is 7.68. The molecule has 26 heavy (non-hydrogen) atoms. The van der Waals surface area contributed by atoms with Gasteiger partial charge in [-0.05, 0) is 41.1 Å². The zero-order valence-electron chi connectivity index (χ0n) is 13.5. The van der Waals surface area contributed by atoms with Gasteiger partial charge in [0.1, 0.15) is 0 Å². The molecule has 0 unspecified atom stereocenters. The molecule has 0 atom stereocenters. The molecule has 4 aromatic rings. The molecule has 0 aromatic carbocycles. The summed E-state index contributed by atoms with van der Waals surface area (Å²) >= 11 is 3.29.